The fourth-order valence-electron chi connectivity index (χ4n) is 1.66. The molecule has 1 saturated heterocycles. The fraction of sp³-hybridized carbons (Fsp3) is 0.455. The molecule has 1 N–H and O–H groups in total. The number of carbonyl (C=O) groups is 1. The number of nitrogens with zero attached hydrogens (tertiary/aromatic N) is 1. The third-order valence-corrected chi connectivity index (χ3v) is 4.35. The Morgan fingerprint density at radius 1 is 1.41 bits per heavy atom. The number of hydrogen-bond acceptors (Lipinski definition) is 3. The van der Waals surface area contributed by atoms with Gasteiger partial charge in [-0.2, -0.15) is 11.8 Å². The normalized spacial score (nSPS) is 16.8. The van der Waals surface area contributed by atoms with Crippen molar-refractivity contribution in [1.82, 2.24) is 10.3 Å². The van der Waals surface area contributed by atoms with Gasteiger partial charge in [-0.3, -0.25) is 4.79 Å². The molecule has 0 aliphatic carbocycles. The Bertz CT molecular complexity index is 422. The Morgan fingerprint density at radius 3 is 2.76 bits per heavy atom. The summed E-state index contributed by atoms with van der Waals surface area (Å²) in [4.78, 5) is 15.8. The van der Waals surface area contributed by atoms with Gasteiger partial charge in [-0.15, -0.1) is 0 Å². The molecule has 1 aromatic rings. The molecular weight excluding hydrogens is 279 g/mol. The van der Waals surface area contributed by atoms with Crippen molar-refractivity contribution in [2.24, 2.45) is 0 Å². The van der Waals surface area contributed by atoms with E-state index in [9.17, 15) is 4.79 Å². The van der Waals surface area contributed by atoms with Gasteiger partial charge in [-0.1, -0.05) is 23.2 Å². The molecule has 0 radical (unpaired) electrons. The van der Waals surface area contributed by atoms with Gasteiger partial charge in [0.2, 0.25) is 0 Å². The highest BCUT2D eigenvalue weighted by Gasteiger charge is 2.17. The number of pyridine rings is 1. The predicted molar refractivity (Wildman–Crippen MR) is 72.1 cm³/mol. The lowest BCUT2D eigenvalue weighted by molar-refractivity contribution is 0.0934. The molecule has 1 aliphatic rings. The first-order chi connectivity index (χ1) is 8.16. The number of aromatic nitrogens is 1. The first-order valence-corrected chi connectivity index (χ1v) is 7.27. The van der Waals surface area contributed by atoms with Crippen molar-refractivity contribution in [3.8, 4) is 0 Å². The summed E-state index contributed by atoms with van der Waals surface area (Å²) in [5, 5.41) is 3.51. The van der Waals surface area contributed by atoms with E-state index < -0.39 is 0 Å². The summed E-state index contributed by atoms with van der Waals surface area (Å²) in [5.41, 5.74) is 0.456. The Kier molecular flexibility index (Phi) is 4.54. The van der Waals surface area contributed by atoms with Crippen LogP contribution in [-0.2, 0) is 0 Å². The topological polar surface area (TPSA) is 42.0 Å². The molecule has 0 atom stereocenters. The minimum absolute atomic E-state index is 0.132. The Morgan fingerprint density at radius 2 is 2.12 bits per heavy atom. The van der Waals surface area contributed by atoms with Crippen molar-refractivity contribution in [2.45, 2.75) is 18.9 Å². The molecule has 0 spiro atoms. The van der Waals surface area contributed by atoms with Crippen LogP contribution in [0.25, 0.3) is 0 Å². The summed E-state index contributed by atoms with van der Waals surface area (Å²) in [6.45, 7) is 0. The standard InChI is InChI=1S/C11H12Cl2N2OS/c12-9-5-7(6-14-10(9)13)11(16)15-8-1-3-17-4-2-8/h5-6,8H,1-4H2,(H,15,16). The van der Waals surface area contributed by atoms with Crippen molar-refractivity contribution in [3.05, 3.63) is 28.0 Å². The van der Waals surface area contributed by atoms with Crippen LogP contribution in [0.3, 0.4) is 0 Å². The van der Waals surface area contributed by atoms with Crippen LogP contribution in [0.15, 0.2) is 12.3 Å². The lowest BCUT2D eigenvalue weighted by Crippen LogP contribution is -2.37. The molecule has 0 aromatic carbocycles. The van der Waals surface area contributed by atoms with E-state index in [1.807, 2.05) is 11.8 Å². The van der Waals surface area contributed by atoms with Crippen LogP contribution in [0.4, 0.5) is 0 Å². The quantitative estimate of drug-likeness (QED) is 0.852. The van der Waals surface area contributed by atoms with Gasteiger partial charge in [0.15, 0.2) is 0 Å². The molecule has 92 valence electrons. The number of halogens is 2. The number of nitrogens with one attached hydrogen (secondary N) is 1. The average Bonchev–Trinajstić information content (AvgIpc) is 2.34. The van der Waals surface area contributed by atoms with E-state index in [1.165, 1.54) is 6.20 Å². The summed E-state index contributed by atoms with van der Waals surface area (Å²) >= 11 is 13.4. The predicted octanol–water partition coefficient (Wildman–Crippen LogP) is 3.01. The van der Waals surface area contributed by atoms with E-state index in [0.717, 1.165) is 24.3 Å². The second kappa shape index (κ2) is 5.94. The monoisotopic (exact) mass is 290 g/mol. The van der Waals surface area contributed by atoms with Crippen LogP contribution in [0.1, 0.15) is 23.2 Å². The first kappa shape index (κ1) is 13.0. The van der Waals surface area contributed by atoms with Gasteiger partial charge in [-0.05, 0) is 30.4 Å². The lowest BCUT2D eigenvalue weighted by atomic mass is 10.1. The largest absolute Gasteiger partial charge is 0.349 e. The van der Waals surface area contributed by atoms with E-state index in [2.05, 4.69) is 10.3 Å². The summed E-state index contributed by atoms with van der Waals surface area (Å²) in [7, 11) is 0. The maximum atomic E-state index is 11.9. The number of carbonyl (C=O) groups excluding carboxylic acids is 1. The summed E-state index contributed by atoms with van der Waals surface area (Å²) in [6.07, 6.45) is 3.48. The van der Waals surface area contributed by atoms with Crippen molar-refractivity contribution < 1.29 is 4.79 Å². The fourth-order valence-corrected chi connectivity index (χ4v) is 3.03. The SMILES string of the molecule is O=C(NC1CCSCC1)c1cnc(Cl)c(Cl)c1. The highest BCUT2D eigenvalue weighted by Crippen LogP contribution is 2.21. The number of thioether (sulfide) groups is 1. The summed E-state index contributed by atoms with van der Waals surface area (Å²) < 4.78 is 0. The van der Waals surface area contributed by atoms with E-state index in [1.54, 1.807) is 6.07 Å². The molecule has 0 saturated carbocycles. The maximum Gasteiger partial charge on any atom is 0.253 e. The van der Waals surface area contributed by atoms with Crippen molar-refractivity contribution in [3.63, 3.8) is 0 Å². The molecule has 3 nitrogen and oxygen atoms in total. The zero-order chi connectivity index (χ0) is 12.3. The second-order valence-electron chi connectivity index (χ2n) is 3.86. The molecule has 6 heteroatoms. The Balaban J connectivity index is 2.01. The molecule has 1 amide bonds. The van der Waals surface area contributed by atoms with Crippen molar-refractivity contribution in [2.75, 3.05) is 11.5 Å². The van der Waals surface area contributed by atoms with Crippen LogP contribution in [0.2, 0.25) is 10.2 Å². The molecule has 17 heavy (non-hydrogen) atoms. The maximum absolute atomic E-state index is 11.9. The van der Waals surface area contributed by atoms with Gasteiger partial charge >= 0.3 is 0 Å². The third kappa shape index (κ3) is 3.50. The average molecular weight is 291 g/mol. The zero-order valence-electron chi connectivity index (χ0n) is 9.08. The van der Waals surface area contributed by atoms with Gasteiger partial charge < -0.3 is 5.32 Å². The summed E-state index contributed by atoms with van der Waals surface area (Å²) in [6, 6.07) is 1.81. The molecular formula is C11H12Cl2N2OS. The molecule has 1 aliphatic heterocycles. The van der Waals surface area contributed by atoms with E-state index in [4.69, 9.17) is 23.2 Å². The Labute approximate surface area is 114 Å². The molecule has 0 unspecified atom stereocenters. The number of rotatable bonds is 2. The van der Waals surface area contributed by atoms with Crippen molar-refractivity contribution in [1.29, 1.82) is 0 Å². The first-order valence-electron chi connectivity index (χ1n) is 5.36. The third-order valence-electron chi connectivity index (χ3n) is 2.61. The van der Waals surface area contributed by atoms with Gasteiger partial charge in [-0.25, -0.2) is 4.98 Å². The molecule has 1 aromatic heterocycles. The molecule has 1 fully saturated rings. The molecule has 0 bridgehead atoms. The van der Waals surface area contributed by atoms with Gasteiger partial charge in [0, 0.05) is 12.2 Å². The summed E-state index contributed by atoms with van der Waals surface area (Å²) in [5.74, 6) is 2.07. The minimum atomic E-state index is -0.132. The minimum Gasteiger partial charge on any atom is -0.349 e. The van der Waals surface area contributed by atoms with Crippen molar-refractivity contribution >= 4 is 40.9 Å². The van der Waals surface area contributed by atoms with Crippen LogP contribution < -0.4 is 5.32 Å². The van der Waals surface area contributed by atoms with E-state index in [-0.39, 0.29) is 17.1 Å². The van der Waals surface area contributed by atoms with Crippen LogP contribution >= 0.6 is 35.0 Å². The van der Waals surface area contributed by atoms with Crippen LogP contribution in [0, 0.1) is 0 Å². The van der Waals surface area contributed by atoms with Gasteiger partial charge in [0.05, 0.1) is 10.6 Å². The highest BCUT2D eigenvalue weighted by molar-refractivity contribution is 7.99. The van der Waals surface area contributed by atoms with Gasteiger partial charge in [0.25, 0.3) is 5.91 Å². The number of amides is 1. The highest BCUT2D eigenvalue weighted by atomic mass is 35.5. The molecule has 2 heterocycles. The van der Waals surface area contributed by atoms with E-state index >= 15 is 0 Å². The Hall–Kier alpha value is -0.450. The second-order valence-corrected chi connectivity index (χ2v) is 5.85. The zero-order valence-corrected chi connectivity index (χ0v) is 11.4. The lowest BCUT2D eigenvalue weighted by Gasteiger charge is -2.22. The smallest absolute Gasteiger partial charge is 0.253 e. The van der Waals surface area contributed by atoms with E-state index in [0.29, 0.717) is 10.6 Å². The number of hydrogen-bond donors (Lipinski definition) is 1. The van der Waals surface area contributed by atoms with Gasteiger partial charge in [0.1, 0.15) is 5.15 Å². The molecule has 2 rings (SSSR count). The van der Waals surface area contributed by atoms with Crippen LogP contribution in [-0.4, -0.2) is 28.4 Å². The van der Waals surface area contributed by atoms with Crippen LogP contribution in [0.5, 0.6) is 0 Å².